The van der Waals surface area contributed by atoms with Gasteiger partial charge in [-0.2, -0.15) is 0 Å². The van der Waals surface area contributed by atoms with Crippen molar-refractivity contribution in [1.82, 2.24) is 4.90 Å². The number of ether oxygens (including phenoxy) is 1. The Hall–Kier alpha value is -1.32. The minimum atomic E-state index is 0.467. The van der Waals surface area contributed by atoms with E-state index in [9.17, 15) is 0 Å². The Bertz CT molecular complexity index is 569. The van der Waals surface area contributed by atoms with Crippen LogP contribution in [0.5, 0.6) is 5.75 Å². The van der Waals surface area contributed by atoms with Gasteiger partial charge in [-0.1, -0.05) is 46.3 Å². The molecular weight excluding hydrogens is 326 g/mol. The van der Waals surface area contributed by atoms with Crippen molar-refractivity contribution in [3.05, 3.63) is 64.1 Å². The van der Waals surface area contributed by atoms with E-state index in [1.54, 1.807) is 7.11 Å². The van der Waals surface area contributed by atoms with Gasteiger partial charge in [-0.05, 0) is 37.6 Å². The first-order valence-electron chi connectivity index (χ1n) is 7.20. The number of hydrogen-bond donors (Lipinski definition) is 0. The summed E-state index contributed by atoms with van der Waals surface area (Å²) in [6, 6.07) is 17.2. The topological polar surface area (TPSA) is 12.5 Å². The van der Waals surface area contributed by atoms with Gasteiger partial charge < -0.3 is 4.74 Å². The third kappa shape index (κ3) is 4.58. The van der Waals surface area contributed by atoms with E-state index >= 15 is 0 Å². The molecule has 0 N–H and O–H groups in total. The van der Waals surface area contributed by atoms with Crippen molar-refractivity contribution in [3.8, 4) is 5.75 Å². The van der Waals surface area contributed by atoms with E-state index in [2.05, 4.69) is 71.1 Å². The average molecular weight is 348 g/mol. The Balaban J connectivity index is 2.18. The van der Waals surface area contributed by atoms with Gasteiger partial charge in [0.25, 0.3) is 0 Å². The van der Waals surface area contributed by atoms with Gasteiger partial charge in [0.15, 0.2) is 0 Å². The molecular formula is C18H22BrNO. The highest BCUT2D eigenvalue weighted by molar-refractivity contribution is 9.10. The smallest absolute Gasteiger partial charge is 0.123 e. The third-order valence-corrected chi connectivity index (χ3v) is 4.07. The summed E-state index contributed by atoms with van der Waals surface area (Å²) < 4.78 is 6.57. The minimum absolute atomic E-state index is 0.467. The summed E-state index contributed by atoms with van der Waals surface area (Å²) in [6.45, 7) is 6.27. The van der Waals surface area contributed by atoms with Crippen LogP contribution in [-0.4, -0.2) is 18.1 Å². The molecule has 0 amide bonds. The van der Waals surface area contributed by atoms with Gasteiger partial charge in [0, 0.05) is 29.2 Å². The molecule has 0 atom stereocenters. The van der Waals surface area contributed by atoms with Crippen LogP contribution in [0.4, 0.5) is 0 Å². The van der Waals surface area contributed by atoms with Crippen molar-refractivity contribution in [2.75, 3.05) is 7.11 Å². The van der Waals surface area contributed by atoms with E-state index in [4.69, 9.17) is 4.74 Å². The number of halogens is 1. The molecule has 0 aliphatic rings. The maximum absolute atomic E-state index is 5.48. The van der Waals surface area contributed by atoms with Crippen LogP contribution < -0.4 is 4.74 Å². The highest BCUT2D eigenvalue weighted by Crippen LogP contribution is 2.25. The van der Waals surface area contributed by atoms with E-state index in [1.165, 1.54) is 11.1 Å². The van der Waals surface area contributed by atoms with Crippen molar-refractivity contribution < 1.29 is 4.74 Å². The van der Waals surface area contributed by atoms with Crippen molar-refractivity contribution in [1.29, 1.82) is 0 Å². The Labute approximate surface area is 135 Å². The number of benzene rings is 2. The van der Waals surface area contributed by atoms with Crippen molar-refractivity contribution in [2.24, 2.45) is 0 Å². The molecule has 2 nitrogen and oxygen atoms in total. The Kier molecular flexibility index (Phi) is 5.83. The largest absolute Gasteiger partial charge is 0.496 e. The molecule has 0 aromatic heterocycles. The van der Waals surface area contributed by atoms with Gasteiger partial charge in [0.05, 0.1) is 7.11 Å². The first-order valence-corrected chi connectivity index (χ1v) is 8.00. The summed E-state index contributed by atoms with van der Waals surface area (Å²) in [7, 11) is 1.73. The Morgan fingerprint density at radius 1 is 1.05 bits per heavy atom. The lowest BCUT2D eigenvalue weighted by Crippen LogP contribution is -2.30. The minimum Gasteiger partial charge on any atom is -0.496 e. The van der Waals surface area contributed by atoms with E-state index in [-0.39, 0.29) is 0 Å². The Morgan fingerprint density at radius 2 is 1.76 bits per heavy atom. The number of hydrogen-bond acceptors (Lipinski definition) is 2. The second-order valence-electron chi connectivity index (χ2n) is 5.44. The zero-order valence-electron chi connectivity index (χ0n) is 12.8. The molecule has 0 unspecified atom stereocenters. The molecule has 2 aromatic carbocycles. The lowest BCUT2D eigenvalue weighted by Gasteiger charge is -2.27. The summed E-state index contributed by atoms with van der Waals surface area (Å²) in [5.41, 5.74) is 2.54. The van der Waals surface area contributed by atoms with Crippen LogP contribution in [0.2, 0.25) is 0 Å². The SMILES string of the molecule is COc1ccc(Br)cc1CN(Cc1ccccc1)C(C)C. The van der Waals surface area contributed by atoms with Crippen LogP contribution in [-0.2, 0) is 13.1 Å². The fourth-order valence-electron chi connectivity index (χ4n) is 2.33. The second-order valence-corrected chi connectivity index (χ2v) is 6.36. The summed E-state index contributed by atoms with van der Waals surface area (Å²) in [6.07, 6.45) is 0. The first kappa shape index (κ1) is 16.1. The first-order chi connectivity index (χ1) is 10.1. The maximum atomic E-state index is 5.48. The van der Waals surface area contributed by atoms with Crippen molar-refractivity contribution in [2.45, 2.75) is 33.0 Å². The predicted octanol–water partition coefficient (Wildman–Crippen LogP) is 4.87. The fraction of sp³-hybridized carbons (Fsp3) is 0.333. The standard InChI is InChI=1S/C18H22BrNO/c1-14(2)20(12-15-7-5-4-6-8-15)13-16-11-17(19)9-10-18(16)21-3/h4-11,14H,12-13H2,1-3H3. The molecule has 21 heavy (non-hydrogen) atoms. The van der Waals surface area contributed by atoms with E-state index in [0.717, 1.165) is 23.3 Å². The van der Waals surface area contributed by atoms with Crippen LogP contribution in [0.15, 0.2) is 53.0 Å². The lowest BCUT2D eigenvalue weighted by atomic mass is 10.1. The summed E-state index contributed by atoms with van der Waals surface area (Å²) >= 11 is 3.55. The second kappa shape index (κ2) is 7.62. The summed E-state index contributed by atoms with van der Waals surface area (Å²) in [4.78, 5) is 2.44. The quantitative estimate of drug-likeness (QED) is 0.739. The van der Waals surface area contributed by atoms with Gasteiger partial charge in [0.2, 0.25) is 0 Å². The molecule has 2 aromatic rings. The van der Waals surface area contributed by atoms with Crippen LogP contribution >= 0.6 is 15.9 Å². The molecule has 2 rings (SSSR count). The van der Waals surface area contributed by atoms with Crippen LogP contribution in [0.25, 0.3) is 0 Å². The summed E-state index contributed by atoms with van der Waals surface area (Å²) in [5, 5.41) is 0. The molecule has 0 saturated heterocycles. The van der Waals surface area contributed by atoms with Gasteiger partial charge in [-0.15, -0.1) is 0 Å². The number of rotatable bonds is 6. The highest BCUT2D eigenvalue weighted by Gasteiger charge is 2.14. The van der Waals surface area contributed by atoms with Crippen molar-refractivity contribution >= 4 is 15.9 Å². The predicted molar refractivity (Wildman–Crippen MR) is 91.5 cm³/mol. The molecule has 0 fully saturated rings. The van der Waals surface area contributed by atoms with E-state index in [0.29, 0.717) is 6.04 Å². The highest BCUT2D eigenvalue weighted by atomic mass is 79.9. The summed E-state index contributed by atoms with van der Waals surface area (Å²) in [5.74, 6) is 0.942. The molecule has 0 aliphatic heterocycles. The molecule has 0 saturated carbocycles. The molecule has 0 radical (unpaired) electrons. The van der Waals surface area contributed by atoms with Crippen LogP contribution in [0.3, 0.4) is 0 Å². The molecule has 3 heteroatoms. The molecule has 0 bridgehead atoms. The van der Waals surface area contributed by atoms with Crippen LogP contribution in [0, 0.1) is 0 Å². The van der Waals surface area contributed by atoms with E-state index in [1.807, 2.05) is 12.1 Å². The number of nitrogens with zero attached hydrogens (tertiary/aromatic N) is 1. The molecule has 0 spiro atoms. The monoisotopic (exact) mass is 347 g/mol. The zero-order valence-corrected chi connectivity index (χ0v) is 14.4. The van der Waals surface area contributed by atoms with Gasteiger partial charge in [-0.25, -0.2) is 0 Å². The van der Waals surface area contributed by atoms with Crippen LogP contribution in [0.1, 0.15) is 25.0 Å². The van der Waals surface area contributed by atoms with Crippen molar-refractivity contribution in [3.63, 3.8) is 0 Å². The van der Waals surface area contributed by atoms with Gasteiger partial charge in [-0.3, -0.25) is 4.90 Å². The fourth-order valence-corrected chi connectivity index (χ4v) is 2.74. The zero-order chi connectivity index (χ0) is 15.2. The maximum Gasteiger partial charge on any atom is 0.123 e. The number of methoxy groups -OCH3 is 1. The lowest BCUT2D eigenvalue weighted by molar-refractivity contribution is 0.201. The molecule has 112 valence electrons. The average Bonchev–Trinajstić information content (AvgIpc) is 2.48. The Morgan fingerprint density at radius 3 is 2.38 bits per heavy atom. The third-order valence-electron chi connectivity index (χ3n) is 3.57. The normalized spacial score (nSPS) is 11.1. The van der Waals surface area contributed by atoms with Gasteiger partial charge >= 0.3 is 0 Å². The van der Waals surface area contributed by atoms with E-state index < -0.39 is 0 Å². The van der Waals surface area contributed by atoms with Gasteiger partial charge in [0.1, 0.15) is 5.75 Å². The molecule has 0 aliphatic carbocycles. The molecule has 0 heterocycles.